The molecule has 2 saturated heterocycles. The average molecular weight is 575 g/mol. The molecule has 2 aliphatic heterocycles. The Labute approximate surface area is 252 Å². The number of likely N-dealkylation sites (tertiary alicyclic amines) is 1. The molecule has 7 heteroatoms. The van der Waals surface area contributed by atoms with E-state index in [1.807, 2.05) is 43.9 Å². The fourth-order valence-corrected chi connectivity index (χ4v) is 6.21. The summed E-state index contributed by atoms with van der Waals surface area (Å²) in [6.07, 6.45) is 2.35. The van der Waals surface area contributed by atoms with Crippen molar-refractivity contribution in [2.24, 2.45) is 16.7 Å². The van der Waals surface area contributed by atoms with Crippen LogP contribution in [0.15, 0.2) is 54.6 Å². The van der Waals surface area contributed by atoms with Crippen molar-refractivity contribution in [3.05, 3.63) is 65.7 Å². The minimum Gasteiger partial charge on any atom is -0.343 e. The summed E-state index contributed by atoms with van der Waals surface area (Å²) in [4.78, 5) is 44.6. The van der Waals surface area contributed by atoms with Gasteiger partial charge in [0.05, 0.1) is 6.04 Å². The van der Waals surface area contributed by atoms with Crippen LogP contribution in [0.1, 0.15) is 84.9 Å². The fourth-order valence-electron chi connectivity index (χ4n) is 6.21. The molecule has 1 unspecified atom stereocenters. The number of amides is 3. The SMILES string of the molecule is CC(=O)N1CCC(CC(=O)N2CCN(C(c3ccccc3)c3ccc(NC(=O)C(C)(C)C)cc3)C[C@@H]2C(C)(C)C)CC1. The Bertz CT molecular complexity index is 1220. The molecule has 2 aromatic rings. The molecular formula is C35H50N4O3. The van der Waals surface area contributed by atoms with E-state index in [0.29, 0.717) is 18.9 Å². The molecule has 0 bridgehead atoms. The molecular weight excluding hydrogens is 524 g/mol. The third-order valence-electron chi connectivity index (χ3n) is 8.90. The number of hydrogen-bond acceptors (Lipinski definition) is 4. The van der Waals surface area contributed by atoms with E-state index in [0.717, 1.165) is 44.7 Å². The fraction of sp³-hybridized carbons (Fsp3) is 0.571. The van der Waals surface area contributed by atoms with Crippen LogP contribution in [-0.4, -0.2) is 71.2 Å². The van der Waals surface area contributed by atoms with E-state index in [1.54, 1.807) is 6.92 Å². The molecule has 0 aromatic heterocycles. The van der Waals surface area contributed by atoms with E-state index >= 15 is 0 Å². The lowest BCUT2D eigenvalue weighted by molar-refractivity contribution is -0.141. The van der Waals surface area contributed by atoms with Crippen molar-refractivity contribution in [3.8, 4) is 0 Å². The van der Waals surface area contributed by atoms with Gasteiger partial charge in [0.1, 0.15) is 0 Å². The van der Waals surface area contributed by atoms with Crippen LogP contribution in [0.5, 0.6) is 0 Å². The zero-order valence-electron chi connectivity index (χ0n) is 26.7. The topological polar surface area (TPSA) is 73.0 Å². The van der Waals surface area contributed by atoms with Gasteiger partial charge in [-0.15, -0.1) is 0 Å². The minimum atomic E-state index is -0.462. The second-order valence-electron chi connectivity index (χ2n) is 14.3. The molecule has 228 valence electrons. The largest absolute Gasteiger partial charge is 0.343 e. The van der Waals surface area contributed by atoms with E-state index in [4.69, 9.17) is 0 Å². The molecule has 0 radical (unpaired) electrons. The summed E-state index contributed by atoms with van der Waals surface area (Å²) in [5, 5.41) is 3.04. The van der Waals surface area contributed by atoms with Crippen molar-refractivity contribution in [2.45, 2.75) is 79.8 Å². The van der Waals surface area contributed by atoms with Gasteiger partial charge in [-0.05, 0) is 47.4 Å². The van der Waals surface area contributed by atoms with Gasteiger partial charge >= 0.3 is 0 Å². The van der Waals surface area contributed by atoms with E-state index in [1.165, 1.54) is 11.1 Å². The van der Waals surface area contributed by atoms with Gasteiger partial charge in [0.2, 0.25) is 17.7 Å². The molecule has 3 amide bonds. The third-order valence-corrected chi connectivity index (χ3v) is 8.90. The molecule has 0 aliphatic carbocycles. The second-order valence-corrected chi connectivity index (χ2v) is 14.3. The highest BCUT2D eigenvalue weighted by molar-refractivity contribution is 5.94. The van der Waals surface area contributed by atoms with Gasteiger partial charge in [-0.25, -0.2) is 0 Å². The summed E-state index contributed by atoms with van der Waals surface area (Å²) in [6, 6.07) is 18.9. The van der Waals surface area contributed by atoms with Crippen molar-refractivity contribution in [2.75, 3.05) is 38.0 Å². The van der Waals surface area contributed by atoms with E-state index in [2.05, 4.69) is 72.3 Å². The first-order valence-corrected chi connectivity index (χ1v) is 15.5. The molecule has 0 saturated carbocycles. The lowest BCUT2D eigenvalue weighted by Crippen LogP contribution is -2.60. The third kappa shape index (κ3) is 7.80. The molecule has 2 atom stereocenters. The van der Waals surface area contributed by atoms with Gasteiger partial charge in [0.15, 0.2) is 0 Å². The van der Waals surface area contributed by atoms with Gasteiger partial charge in [-0.2, -0.15) is 0 Å². The Hall–Kier alpha value is -3.19. The van der Waals surface area contributed by atoms with Gasteiger partial charge in [0, 0.05) is 63.2 Å². The van der Waals surface area contributed by atoms with Gasteiger partial charge in [-0.3, -0.25) is 19.3 Å². The number of hydrogen-bond donors (Lipinski definition) is 1. The summed E-state index contributed by atoms with van der Waals surface area (Å²) >= 11 is 0. The molecule has 2 aliphatic rings. The number of nitrogens with one attached hydrogen (secondary N) is 1. The summed E-state index contributed by atoms with van der Waals surface area (Å²) in [7, 11) is 0. The highest BCUT2D eigenvalue weighted by atomic mass is 16.2. The number of carbonyl (C=O) groups excluding carboxylic acids is 3. The lowest BCUT2D eigenvalue weighted by Gasteiger charge is -2.50. The number of benzene rings is 2. The summed E-state index contributed by atoms with van der Waals surface area (Å²) < 4.78 is 0. The Morgan fingerprint density at radius 2 is 1.43 bits per heavy atom. The summed E-state index contributed by atoms with van der Waals surface area (Å²) in [6.45, 7) is 17.8. The molecule has 0 spiro atoms. The first-order chi connectivity index (χ1) is 19.7. The molecule has 2 aromatic carbocycles. The smallest absolute Gasteiger partial charge is 0.229 e. The maximum absolute atomic E-state index is 13.7. The van der Waals surface area contributed by atoms with E-state index in [-0.39, 0.29) is 35.2 Å². The predicted molar refractivity (Wildman–Crippen MR) is 169 cm³/mol. The minimum absolute atomic E-state index is 0.00641. The summed E-state index contributed by atoms with van der Waals surface area (Å²) in [5.74, 6) is 0.696. The Kier molecular flexibility index (Phi) is 9.81. The number of anilines is 1. The number of nitrogens with zero attached hydrogens (tertiary/aromatic N) is 3. The standard InChI is InChI=1S/C35H50N4O3/c1-25(40)37-19-17-26(18-20-37)23-31(41)39-22-21-38(24-30(39)34(2,3)4)32(27-11-9-8-10-12-27)28-13-15-29(16-14-28)36-33(42)35(5,6)7/h8-16,26,30,32H,17-24H2,1-7H3,(H,36,42)/t30-,32?/m1/s1. The highest BCUT2D eigenvalue weighted by Crippen LogP contribution is 2.36. The Balaban J connectivity index is 1.53. The number of piperazine rings is 1. The zero-order valence-corrected chi connectivity index (χ0v) is 26.7. The number of carbonyl (C=O) groups is 3. The van der Waals surface area contributed by atoms with Crippen LogP contribution in [0.25, 0.3) is 0 Å². The lowest BCUT2D eigenvalue weighted by atomic mass is 9.82. The van der Waals surface area contributed by atoms with Gasteiger partial charge < -0.3 is 15.1 Å². The maximum atomic E-state index is 13.7. The van der Waals surface area contributed by atoms with Crippen molar-refractivity contribution in [3.63, 3.8) is 0 Å². The normalized spacial score (nSPS) is 19.8. The second kappa shape index (κ2) is 13.0. The van der Waals surface area contributed by atoms with Crippen LogP contribution in [0.2, 0.25) is 0 Å². The van der Waals surface area contributed by atoms with Crippen LogP contribution < -0.4 is 5.32 Å². The average Bonchev–Trinajstić information content (AvgIpc) is 2.94. The van der Waals surface area contributed by atoms with Crippen molar-refractivity contribution >= 4 is 23.4 Å². The molecule has 2 heterocycles. The number of rotatable bonds is 6. The zero-order chi connectivity index (χ0) is 30.7. The van der Waals surface area contributed by atoms with Gasteiger partial charge in [-0.1, -0.05) is 84.0 Å². The Morgan fingerprint density at radius 1 is 0.833 bits per heavy atom. The van der Waals surface area contributed by atoms with Crippen LogP contribution in [-0.2, 0) is 14.4 Å². The highest BCUT2D eigenvalue weighted by Gasteiger charge is 2.40. The number of piperidine rings is 1. The first kappa shape index (κ1) is 31.7. The van der Waals surface area contributed by atoms with Crippen LogP contribution in [0.4, 0.5) is 5.69 Å². The van der Waals surface area contributed by atoms with Gasteiger partial charge in [0.25, 0.3) is 0 Å². The van der Waals surface area contributed by atoms with E-state index < -0.39 is 5.41 Å². The van der Waals surface area contributed by atoms with Crippen molar-refractivity contribution < 1.29 is 14.4 Å². The summed E-state index contributed by atoms with van der Waals surface area (Å²) in [5.41, 5.74) is 2.63. The predicted octanol–water partition coefficient (Wildman–Crippen LogP) is 5.97. The molecule has 4 rings (SSSR count). The molecule has 2 fully saturated rings. The molecule has 42 heavy (non-hydrogen) atoms. The molecule has 1 N–H and O–H groups in total. The van der Waals surface area contributed by atoms with Crippen LogP contribution >= 0.6 is 0 Å². The molecule has 7 nitrogen and oxygen atoms in total. The first-order valence-electron chi connectivity index (χ1n) is 15.5. The van der Waals surface area contributed by atoms with Crippen LogP contribution in [0, 0.1) is 16.7 Å². The quantitative estimate of drug-likeness (QED) is 0.462. The Morgan fingerprint density at radius 3 is 1.98 bits per heavy atom. The monoisotopic (exact) mass is 574 g/mol. The van der Waals surface area contributed by atoms with Crippen LogP contribution in [0.3, 0.4) is 0 Å². The van der Waals surface area contributed by atoms with E-state index in [9.17, 15) is 14.4 Å². The van der Waals surface area contributed by atoms with Crippen molar-refractivity contribution in [1.29, 1.82) is 0 Å². The maximum Gasteiger partial charge on any atom is 0.229 e. The van der Waals surface area contributed by atoms with Crippen molar-refractivity contribution in [1.82, 2.24) is 14.7 Å².